The first-order valence-corrected chi connectivity index (χ1v) is 7.19. The summed E-state index contributed by atoms with van der Waals surface area (Å²) in [6.45, 7) is 1.96. The summed E-state index contributed by atoms with van der Waals surface area (Å²) >= 11 is 6.02. The van der Waals surface area contributed by atoms with Crippen molar-refractivity contribution in [2.75, 3.05) is 12.4 Å². The molecule has 0 fully saturated rings. The van der Waals surface area contributed by atoms with Gasteiger partial charge in [0.2, 0.25) is 0 Å². The molecular weight excluding hydrogens is 300 g/mol. The second-order valence-electron chi connectivity index (χ2n) is 5.05. The molecule has 3 rings (SSSR count). The molecule has 0 spiro atoms. The molecular formula is C17H15ClN2O2. The predicted octanol–water partition coefficient (Wildman–Crippen LogP) is 4.39. The standard InChI is InChI=1S/C17H15ClN2O2/c1-10-3-6-16(22-2)15(7-10)20-17(21)13-9-19-14-5-4-11(18)8-12(13)14/h3-9,19H,1-2H3,(H,20,21). The number of rotatable bonds is 3. The Balaban J connectivity index is 1.97. The van der Waals surface area contributed by atoms with Gasteiger partial charge in [-0.2, -0.15) is 0 Å². The summed E-state index contributed by atoms with van der Waals surface area (Å²) in [6, 6.07) is 11.0. The van der Waals surface area contributed by atoms with Crippen LogP contribution in [0.4, 0.5) is 5.69 Å². The van der Waals surface area contributed by atoms with Gasteiger partial charge in [0.15, 0.2) is 0 Å². The van der Waals surface area contributed by atoms with E-state index in [9.17, 15) is 4.79 Å². The van der Waals surface area contributed by atoms with Crippen molar-refractivity contribution in [2.45, 2.75) is 6.92 Å². The fourth-order valence-corrected chi connectivity index (χ4v) is 2.56. The number of fused-ring (bicyclic) bond motifs is 1. The molecule has 3 aromatic rings. The molecule has 0 unspecified atom stereocenters. The van der Waals surface area contributed by atoms with E-state index in [1.165, 1.54) is 0 Å². The molecule has 1 amide bonds. The van der Waals surface area contributed by atoms with E-state index in [0.717, 1.165) is 16.5 Å². The van der Waals surface area contributed by atoms with E-state index in [1.54, 1.807) is 25.4 Å². The Kier molecular flexibility index (Phi) is 3.77. The number of aromatic amines is 1. The number of carbonyl (C=O) groups excluding carboxylic acids is 1. The zero-order chi connectivity index (χ0) is 15.7. The van der Waals surface area contributed by atoms with Crippen LogP contribution in [-0.2, 0) is 0 Å². The molecule has 1 aromatic heterocycles. The molecule has 0 aliphatic heterocycles. The van der Waals surface area contributed by atoms with Crippen molar-refractivity contribution in [2.24, 2.45) is 0 Å². The monoisotopic (exact) mass is 314 g/mol. The Morgan fingerprint density at radius 3 is 2.82 bits per heavy atom. The lowest BCUT2D eigenvalue weighted by atomic mass is 10.1. The van der Waals surface area contributed by atoms with Crippen LogP contribution in [0.15, 0.2) is 42.6 Å². The van der Waals surface area contributed by atoms with E-state index in [2.05, 4.69) is 10.3 Å². The van der Waals surface area contributed by atoms with Gasteiger partial charge in [-0.05, 0) is 42.8 Å². The molecule has 0 atom stereocenters. The number of aromatic nitrogens is 1. The van der Waals surface area contributed by atoms with Crippen molar-refractivity contribution in [3.05, 3.63) is 58.7 Å². The quantitative estimate of drug-likeness (QED) is 0.753. The number of nitrogens with one attached hydrogen (secondary N) is 2. The number of hydrogen-bond donors (Lipinski definition) is 2. The summed E-state index contributed by atoms with van der Waals surface area (Å²) in [5, 5.41) is 4.27. The summed E-state index contributed by atoms with van der Waals surface area (Å²) in [6.07, 6.45) is 1.68. The molecule has 112 valence electrons. The van der Waals surface area contributed by atoms with E-state index >= 15 is 0 Å². The fourth-order valence-electron chi connectivity index (χ4n) is 2.39. The van der Waals surface area contributed by atoms with Crippen LogP contribution in [-0.4, -0.2) is 18.0 Å². The van der Waals surface area contributed by atoms with Crippen LogP contribution in [0.1, 0.15) is 15.9 Å². The Morgan fingerprint density at radius 2 is 2.05 bits per heavy atom. The lowest BCUT2D eigenvalue weighted by Crippen LogP contribution is -2.12. The maximum atomic E-state index is 12.6. The van der Waals surface area contributed by atoms with Gasteiger partial charge in [-0.15, -0.1) is 0 Å². The van der Waals surface area contributed by atoms with Gasteiger partial charge in [-0.3, -0.25) is 4.79 Å². The van der Waals surface area contributed by atoms with E-state index in [0.29, 0.717) is 22.0 Å². The molecule has 0 saturated carbocycles. The smallest absolute Gasteiger partial charge is 0.257 e. The maximum Gasteiger partial charge on any atom is 0.257 e. The molecule has 0 aliphatic rings. The van der Waals surface area contributed by atoms with Crippen LogP contribution >= 0.6 is 11.6 Å². The van der Waals surface area contributed by atoms with Crippen LogP contribution in [0.5, 0.6) is 5.75 Å². The van der Waals surface area contributed by atoms with Crippen molar-refractivity contribution in [3.8, 4) is 5.75 Å². The lowest BCUT2D eigenvalue weighted by molar-refractivity contribution is 0.102. The second kappa shape index (κ2) is 5.73. The largest absolute Gasteiger partial charge is 0.495 e. The number of anilines is 1. The minimum Gasteiger partial charge on any atom is -0.495 e. The molecule has 2 aromatic carbocycles. The van der Waals surface area contributed by atoms with Crippen molar-refractivity contribution in [1.82, 2.24) is 4.98 Å². The maximum absolute atomic E-state index is 12.6. The molecule has 22 heavy (non-hydrogen) atoms. The van der Waals surface area contributed by atoms with Crippen LogP contribution in [0.2, 0.25) is 5.02 Å². The van der Waals surface area contributed by atoms with Gasteiger partial charge in [0, 0.05) is 22.1 Å². The zero-order valence-electron chi connectivity index (χ0n) is 12.2. The van der Waals surface area contributed by atoms with Gasteiger partial charge in [0.1, 0.15) is 5.75 Å². The fraction of sp³-hybridized carbons (Fsp3) is 0.118. The average molecular weight is 315 g/mol. The third-order valence-electron chi connectivity index (χ3n) is 3.49. The minimum atomic E-state index is -0.211. The number of aryl methyl sites for hydroxylation is 1. The highest BCUT2D eigenvalue weighted by atomic mass is 35.5. The molecule has 0 aliphatic carbocycles. The number of carbonyl (C=O) groups is 1. The van der Waals surface area contributed by atoms with Crippen molar-refractivity contribution in [1.29, 1.82) is 0 Å². The number of amides is 1. The average Bonchev–Trinajstić information content (AvgIpc) is 2.90. The highest BCUT2D eigenvalue weighted by Crippen LogP contribution is 2.27. The van der Waals surface area contributed by atoms with E-state index in [4.69, 9.17) is 16.3 Å². The van der Waals surface area contributed by atoms with E-state index in [1.807, 2.05) is 31.2 Å². The molecule has 0 saturated heterocycles. The first-order valence-electron chi connectivity index (χ1n) is 6.81. The van der Waals surface area contributed by atoms with Crippen LogP contribution in [0.3, 0.4) is 0 Å². The highest BCUT2D eigenvalue weighted by Gasteiger charge is 2.14. The third-order valence-corrected chi connectivity index (χ3v) is 3.73. The summed E-state index contributed by atoms with van der Waals surface area (Å²) in [5.41, 5.74) is 3.09. The SMILES string of the molecule is COc1ccc(C)cc1NC(=O)c1c[nH]c2ccc(Cl)cc12. The summed E-state index contributed by atoms with van der Waals surface area (Å²) in [7, 11) is 1.58. The Hall–Kier alpha value is -2.46. The lowest BCUT2D eigenvalue weighted by Gasteiger charge is -2.10. The highest BCUT2D eigenvalue weighted by molar-refractivity contribution is 6.31. The Morgan fingerprint density at radius 1 is 1.23 bits per heavy atom. The molecule has 4 nitrogen and oxygen atoms in total. The molecule has 0 bridgehead atoms. The first kappa shape index (κ1) is 14.5. The first-order chi connectivity index (χ1) is 10.6. The van der Waals surface area contributed by atoms with Gasteiger partial charge >= 0.3 is 0 Å². The molecule has 2 N–H and O–H groups in total. The second-order valence-corrected chi connectivity index (χ2v) is 5.49. The number of methoxy groups -OCH3 is 1. The van der Waals surface area contributed by atoms with Crippen LogP contribution < -0.4 is 10.1 Å². The zero-order valence-corrected chi connectivity index (χ0v) is 13.0. The molecule has 1 heterocycles. The van der Waals surface area contributed by atoms with Gasteiger partial charge < -0.3 is 15.0 Å². The van der Waals surface area contributed by atoms with Crippen molar-refractivity contribution >= 4 is 34.1 Å². The predicted molar refractivity (Wildman–Crippen MR) is 89.0 cm³/mol. The Bertz CT molecular complexity index is 855. The van der Waals surface area contributed by atoms with E-state index < -0.39 is 0 Å². The van der Waals surface area contributed by atoms with Crippen molar-refractivity contribution < 1.29 is 9.53 Å². The minimum absolute atomic E-state index is 0.211. The van der Waals surface area contributed by atoms with Crippen LogP contribution in [0, 0.1) is 6.92 Å². The number of halogens is 1. The summed E-state index contributed by atoms with van der Waals surface area (Å²) < 4.78 is 5.28. The third kappa shape index (κ3) is 2.65. The Labute approximate surface area is 133 Å². The number of ether oxygens (including phenoxy) is 1. The summed E-state index contributed by atoms with van der Waals surface area (Å²) in [4.78, 5) is 15.6. The number of benzene rings is 2. The van der Waals surface area contributed by atoms with Gasteiger partial charge in [0.05, 0.1) is 18.4 Å². The molecule has 0 radical (unpaired) electrons. The van der Waals surface area contributed by atoms with Crippen molar-refractivity contribution in [3.63, 3.8) is 0 Å². The van der Waals surface area contributed by atoms with Crippen LogP contribution in [0.25, 0.3) is 10.9 Å². The van der Waals surface area contributed by atoms with E-state index in [-0.39, 0.29) is 5.91 Å². The normalized spacial score (nSPS) is 10.7. The number of H-pyrrole nitrogens is 1. The van der Waals surface area contributed by atoms with Gasteiger partial charge in [-0.1, -0.05) is 17.7 Å². The molecule has 5 heteroatoms. The van der Waals surface area contributed by atoms with Gasteiger partial charge in [0.25, 0.3) is 5.91 Å². The van der Waals surface area contributed by atoms with Gasteiger partial charge in [-0.25, -0.2) is 0 Å². The topological polar surface area (TPSA) is 54.1 Å². The number of hydrogen-bond acceptors (Lipinski definition) is 2. The summed E-state index contributed by atoms with van der Waals surface area (Å²) in [5.74, 6) is 0.411.